The third-order valence-electron chi connectivity index (χ3n) is 5.18. The Kier molecular flexibility index (Phi) is 9.54. The SMILES string of the molecule is CCOCCCC(O)CCCC1CC(CC)CC1CC. The topological polar surface area (TPSA) is 29.5 Å². The number of aliphatic hydroxyl groups is 1. The maximum Gasteiger partial charge on any atom is 0.0541 e. The molecule has 0 aromatic carbocycles. The van der Waals surface area contributed by atoms with Crippen LogP contribution < -0.4 is 0 Å². The van der Waals surface area contributed by atoms with E-state index >= 15 is 0 Å². The van der Waals surface area contributed by atoms with Gasteiger partial charge in [0, 0.05) is 13.2 Å². The van der Waals surface area contributed by atoms with Crippen LogP contribution in [0.4, 0.5) is 0 Å². The van der Waals surface area contributed by atoms with Crippen LogP contribution in [0.5, 0.6) is 0 Å². The van der Waals surface area contributed by atoms with Crippen molar-refractivity contribution < 1.29 is 9.84 Å². The normalized spacial score (nSPS) is 27.9. The average Bonchev–Trinajstić information content (AvgIpc) is 2.86. The first-order chi connectivity index (χ1) is 9.71. The van der Waals surface area contributed by atoms with Crippen molar-refractivity contribution in [2.75, 3.05) is 13.2 Å². The van der Waals surface area contributed by atoms with Crippen molar-refractivity contribution in [1.82, 2.24) is 0 Å². The fourth-order valence-electron chi connectivity index (χ4n) is 3.85. The molecule has 0 bridgehead atoms. The molecule has 1 N–H and O–H groups in total. The lowest BCUT2D eigenvalue weighted by atomic mass is 9.88. The zero-order valence-corrected chi connectivity index (χ0v) is 13.9. The second kappa shape index (κ2) is 10.6. The first-order valence-electron chi connectivity index (χ1n) is 8.96. The molecular formula is C18H36O2. The summed E-state index contributed by atoms with van der Waals surface area (Å²) < 4.78 is 5.31. The minimum atomic E-state index is -0.112. The van der Waals surface area contributed by atoms with Crippen LogP contribution >= 0.6 is 0 Å². The van der Waals surface area contributed by atoms with E-state index in [9.17, 15) is 5.11 Å². The summed E-state index contributed by atoms with van der Waals surface area (Å²) in [6, 6.07) is 0. The van der Waals surface area contributed by atoms with Crippen molar-refractivity contribution in [1.29, 1.82) is 0 Å². The molecule has 0 spiro atoms. The summed E-state index contributed by atoms with van der Waals surface area (Å²) in [6.07, 6.45) is 10.9. The molecule has 0 radical (unpaired) electrons. The average molecular weight is 284 g/mol. The quantitative estimate of drug-likeness (QED) is 0.552. The highest BCUT2D eigenvalue weighted by Crippen LogP contribution is 2.42. The molecule has 1 aliphatic rings. The Morgan fingerprint density at radius 3 is 2.35 bits per heavy atom. The first kappa shape index (κ1) is 18.0. The molecular weight excluding hydrogens is 248 g/mol. The van der Waals surface area contributed by atoms with E-state index in [-0.39, 0.29) is 6.10 Å². The summed E-state index contributed by atoms with van der Waals surface area (Å²) in [7, 11) is 0. The number of hydrogen-bond donors (Lipinski definition) is 1. The van der Waals surface area contributed by atoms with E-state index in [1.807, 2.05) is 6.92 Å². The summed E-state index contributed by atoms with van der Waals surface area (Å²) >= 11 is 0. The van der Waals surface area contributed by atoms with Crippen molar-refractivity contribution >= 4 is 0 Å². The maximum absolute atomic E-state index is 9.99. The monoisotopic (exact) mass is 284 g/mol. The molecule has 0 amide bonds. The van der Waals surface area contributed by atoms with Gasteiger partial charge in [-0.2, -0.15) is 0 Å². The summed E-state index contributed by atoms with van der Waals surface area (Å²) in [4.78, 5) is 0. The largest absolute Gasteiger partial charge is 0.393 e. The smallest absolute Gasteiger partial charge is 0.0541 e. The Morgan fingerprint density at radius 2 is 1.70 bits per heavy atom. The summed E-state index contributed by atoms with van der Waals surface area (Å²) in [5, 5.41) is 9.99. The van der Waals surface area contributed by atoms with Crippen LogP contribution in [-0.2, 0) is 4.74 Å². The van der Waals surface area contributed by atoms with Gasteiger partial charge in [0.2, 0.25) is 0 Å². The van der Waals surface area contributed by atoms with Crippen LogP contribution in [0.1, 0.15) is 78.6 Å². The van der Waals surface area contributed by atoms with Gasteiger partial charge in [-0.25, -0.2) is 0 Å². The van der Waals surface area contributed by atoms with Gasteiger partial charge in [-0.1, -0.05) is 39.5 Å². The predicted octanol–water partition coefficient (Wildman–Crippen LogP) is 4.80. The van der Waals surface area contributed by atoms with Crippen LogP contribution in [0.15, 0.2) is 0 Å². The number of aliphatic hydroxyl groups excluding tert-OH is 1. The van der Waals surface area contributed by atoms with Gasteiger partial charge in [0.15, 0.2) is 0 Å². The van der Waals surface area contributed by atoms with Gasteiger partial charge < -0.3 is 9.84 Å². The van der Waals surface area contributed by atoms with Crippen LogP contribution in [0.2, 0.25) is 0 Å². The molecule has 1 saturated carbocycles. The molecule has 20 heavy (non-hydrogen) atoms. The van der Waals surface area contributed by atoms with Crippen molar-refractivity contribution in [3.05, 3.63) is 0 Å². The van der Waals surface area contributed by atoms with Gasteiger partial charge in [-0.15, -0.1) is 0 Å². The molecule has 0 aromatic rings. The number of rotatable bonds is 11. The van der Waals surface area contributed by atoms with Crippen molar-refractivity contribution in [3.8, 4) is 0 Å². The Labute approximate surface area is 126 Å². The zero-order valence-electron chi connectivity index (χ0n) is 13.9. The molecule has 120 valence electrons. The van der Waals surface area contributed by atoms with Crippen LogP contribution in [0.25, 0.3) is 0 Å². The van der Waals surface area contributed by atoms with Gasteiger partial charge in [0.25, 0.3) is 0 Å². The highest BCUT2D eigenvalue weighted by molar-refractivity contribution is 4.82. The lowest BCUT2D eigenvalue weighted by molar-refractivity contribution is 0.107. The van der Waals surface area contributed by atoms with Gasteiger partial charge in [-0.3, -0.25) is 0 Å². The summed E-state index contributed by atoms with van der Waals surface area (Å²) in [5.41, 5.74) is 0. The predicted molar refractivity (Wildman–Crippen MR) is 85.9 cm³/mol. The molecule has 1 aliphatic carbocycles. The van der Waals surface area contributed by atoms with Gasteiger partial charge in [0.1, 0.15) is 0 Å². The zero-order chi connectivity index (χ0) is 14.8. The van der Waals surface area contributed by atoms with Gasteiger partial charge in [-0.05, 0) is 56.8 Å². The molecule has 0 saturated heterocycles. The molecule has 4 unspecified atom stereocenters. The highest BCUT2D eigenvalue weighted by atomic mass is 16.5. The molecule has 0 aromatic heterocycles. The van der Waals surface area contributed by atoms with Gasteiger partial charge >= 0.3 is 0 Å². The van der Waals surface area contributed by atoms with E-state index in [1.54, 1.807) is 0 Å². The van der Waals surface area contributed by atoms with Crippen LogP contribution in [-0.4, -0.2) is 24.4 Å². The van der Waals surface area contributed by atoms with Crippen LogP contribution in [0, 0.1) is 17.8 Å². The number of hydrogen-bond acceptors (Lipinski definition) is 2. The molecule has 0 aliphatic heterocycles. The lowest BCUT2D eigenvalue weighted by Crippen LogP contribution is -2.11. The Bertz CT molecular complexity index is 229. The van der Waals surface area contributed by atoms with Crippen molar-refractivity contribution in [2.24, 2.45) is 17.8 Å². The van der Waals surface area contributed by atoms with E-state index in [2.05, 4.69) is 13.8 Å². The molecule has 4 atom stereocenters. The molecule has 0 heterocycles. The fraction of sp³-hybridized carbons (Fsp3) is 1.00. The molecule has 1 rings (SSSR count). The number of ether oxygens (including phenoxy) is 1. The van der Waals surface area contributed by atoms with E-state index in [0.29, 0.717) is 0 Å². The van der Waals surface area contributed by atoms with Crippen LogP contribution in [0.3, 0.4) is 0 Å². The minimum Gasteiger partial charge on any atom is -0.393 e. The Morgan fingerprint density at radius 1 is 1.00 bits per heavy atom. The van der Waals surface area contributed by atoms with Crippen molar-refractivity contribution in [2.45, 2.75) is 84.7 Å². The van der Waals surface area contributed by atoms with E-state index in [4.69, 9.17) is 4.74 Å². The Balaban J connectivity index is 2.10. The standard InChI is InChI=1S/C18H36O2/c1-4-15-13-16(5-2)17(14-15)9-7-10-18(19)11-8-12-20-6-3/h15-19H,4-14H2,1-3H3. The fourth-order valence-corrected chi connectivity index (χ4v) is 3.85. The summed E-state index contributed by atoms with van der Waals surface area (Å²) in [6.45, 7) is 8.28. The second-order valence-corrected chi connectivity index (χ2v) is 6.60. The second-order valence-electron chi connectivity index (χ2n) is 6.60. The minimum absolute atomic E-state index is 0.112. The lowest BCUT2D eigenvalue weighted by Gasteiger charge is -2.18. The van der Waals surface area contributed by atoms with E-state index in [0.717, 1.165) is 50.2 Å². The third-order valence-corrected chi connectivity index (χ3v) is 5.18. The maximum atomic E-state index is 9.99. The third kappa shape index (κ3) is 6.58. The van der Waals surface area contributed by atoms with Gasteiger partial charge in [0.05, 0.1) is 6.10 Å². The van der Waals surface area contributed by atoms with E-state index in [1.165, 1.54) is 38.5 Å². The molecule has 1 fully saturated rings. The Hall–Kier alpha value is -0.0800. The summed E-state index contributed by atoms with van der Waals surface area (Å²) in [5.74, 6) is 2.86. The molecule has 2 heteroatoms. The first-order valence-corrected chi connectivity index (χ1v) is 8.96. The highest BCUT2D eigenvalue weighted by Gasteiger charge is 2.31. The molecule has 2 nitrogen and oxygen atoms in total. The van der Waals surface area contributed by atoms with E-state index < -0.39 is 0 Å². The van der Waals surface area contributed by atoms with Crippen molar-refractivity contribution in [3.63, 3.8) is 0 Å².